The third-order valence-electron chi connectivity index (χ3n) is 3.94. The molecule has 0 N–H and O–H groups in total. The largest absolute Gasteiger partial charge is 0.269 e. The molecule has 126 valence electrons. The van der Waals surface area contributed by atoms with E-state index in [1.54, 1.807) is 12.1 Å². The lowest BCUT2D eigenvalue weighted by Crippen LogP contribution is -2.04. The molecule has 0 aliphatic carbocycles. The van der Waals surface area contributed by atoms with E-state index in [1.807, 2.05) is 61.1 Å². The summed E-state index contributed by atoms with van der Waals surface area (Å²) in [5.41, 5.74) is 4.52. The molecule has 0 bridgehead atoms. The summed E-state index contributed by atoms with van der Waals surface area (Å²) >= 11 is 0. The first-order chi connectivity index (χ1) is 12.0. The molecule has 2 aromatic carbocycles. The van der Waals surface area contributed by atoms with Gasteiger partial charge in [0.15, 0.2) is 0 Å². The Kier molecular flexibility index (Phi) is 4.70. The minimum absolute atomic E-state index is 0.0846. The maximum absolute atomic E-state index is 10.9. The van der Waals surface area contributed by atoms with Crippen molar-refractivity contribution in [1.82, 2.24) is 9.78 Å². The van der Waals surface area contributed by atoms with Crippen LogP contribution >= 0.6 is 0 Å². The first kappa shape index (κ1) is 16.6. The quantitative estimate of drug-likeness (QED) is 0.398. The monoisotopic (exact) mass is 334 g/mol. The molecular weight excluding hydrogens is 316 g/mol. The first-order valence-corrected chi connectivity index (χ1v) is 7.91. The van der Waals surface area contributed by atoms with Gasteiger partial charge < -0.3 is 0 Å². The van der Waals surface area contributed by atoms with Gasteiger partial charge in [0, 0.05) is 18.3 Å². The Morgan fingerprint density at radius 1 is 1.16 bits per heavy atom. The minimum atomic E-state index is -0.389. The second-order valence-electron chi connectivity index (χ2n) is 5.77. The van der Waals surface area contributed by atoms with Gasteiger partial charge in [-0.15, -0.1) is 0 Å². The second kappa shape index (κ2) is 7.09. The van der Waals surface area contributed by atoms with Crippen molar-refractivity contribution < 1.29 is 4.92 Å². The highest BCUT2D eigenvalue weighted by atomic mass is 16.6. The summed E-state index contributed by atoms with van der Waals surface area (Å²) in [6.07, 6.45) is 1.81. The summed E-state index contributed by atoms with van der Waals surface area (Å²) in [7, 11) is 0. The Balaban J connectivity index is 1.86. The van der Waals surface area contributed by atoms with Crippen LogP contribution in [0.15, 0.2) is 59.6 Å². The Morgan fingerprint density at radius 2 is 1.92 bits per heavy atom. The Labute approximate surface area is 145 Å². The highest BCUT2D eigenvalue weighted by Crippen LogP contribution is 2.24. The van der Waals surface area contributed by atoms with Crippen LogP contribution in [0.2, 0.25) is 0 Å². The zero-order chi connectivity index (χ0) is 17.8. The number of nitro groups is 1. The minimum Gasteiger partial charge on any atom is -0.263 e. The number of aryl methyl sites for hydroxylation is 1. The summed E-state index contributed by atoms with van der Waals surface area (Å²) in [6.45, 7) is 4.33. The van der Waals surface area contributed by atoms with Gasteiger partial charge in [-0.2, -0.15) is 5.10 Å². The van der Waals surface area contributed by atoms with Crippen molar-refractivity contribution in [3.8, 4) is 0 Å². The Morgan fingerprint density at radius 3 is 2.64 bits per heavy atom. The predicted molar refractivity (Wildman–Crippen MR) is 97.6 cm³/mol. The Bertz CT molecular complexity index is 930. The molecule has 3 aromatic rings. The van der Waals surface area contributed by atoms with Gasteiger partial charge in [0.05, 0.1) is 22.9 Å². The molecule has 0 amide bonds. The summed E-state index contributed by atoms with van der Waals surface area (Å²) in [5.74, 6) is 0. The van der Waals surface area contributed by atoms with Crippen LogP contribution < -0.4 is 0 Å². The van der Waals surface area contributed by atoms with E-state index in [1.165, 1.54) is 6.07 Å². The van der Waals surface area contributed by atoms with Crippen molar-refractivity contribution >= 4 is 17.6 Å². The van der Waals surface area contributed by atoms with E-state index in [-0.39, 0.29) is 10.6 Å². The number of rotatable bonds is 5. The van der Waals surface area contributed by atoms with Crippen LogP contribution in [0, 0.1) is 24.0 Å². The average molecular weight is 334 g/mol. The van der Waals surface area contributed by atoms with Gasteiger partial charge in [0.2, 0.25) is 0 Å². The molecule has 0 saturated heterocycles. The summed E-state index contributed by atoms with van der Waals surface area (Å²) in [5, 5.41) is 15.4. The number of aliphatic imine (C=N–C) groups is 1. The van der Waals surface area contributed by atoms with E-state index in [4.69, 9.17) is 0 Å². The number of nitro benzene ring substituents is 1. The molecule has 0 fully saturated rings. The van der Waals surface area contributed by atoms with E-state index < -0.39 is 0 Å². The number of hydrogen-bond acceptors (Lipinski definition) is 4. The summed E-state index contributed by atoms with van der Waals surface area (Å²) in [4.78, 5) is 15.1. The van der Waals surface area contributed by atoms with E-state index in [0.29, 0.717) is 6.54 Å². The van der Waals surface area contributed by atoms with Gasteiger partial charge in [-0.25, -0.2) is 0 Å². The van der Waals surface area contributed by atoms with Crippen LogP contribution in [0.4, 0.5) is 11.4 Å². The number of benzene rings is 2. The van der Waals surface area contributed by atoms with Gasteiger partial charge in [0.1, 0.15) is 5.69 Å². The van der Waals surface area contributed by atoms with Gasteiger partial charge in [-0.05, 0) is 25.0 Å². The molecule has 0 unspecified atom stereocenters. The number of nitrogens with zero attached hydrogens (tertiary/aromatic N) is 4. The lowest BCUT2D eigenvalue weighted by molar-refractivity contribution is -0.384. The van der Waals surface area contributed by atoms with Crippen LogP contribution in [0.1, 0.15) is 22.5 Å². The van der Waals surface area contributed by atoms with Crippen molar-refractivity contribution in [2.24, 2.45) is 4.99 Å². The van der Waals surface area contributed by atoms with Crippen LogP contribution in [-0.2, 0) is 6.54 Å². The second-order valence-corrected chi connectivity index (χ2v) is 5.77. The molecule has 0 atom stereocenters. The molecule has 0 spiro atoms. The van der Waals surface area contributed by atoms with Crippen molar-refractivity contribution in [3.63, 3.8) is 0 Å². The third kappa shape index (κ3) is 3.80. The molecular formula is C19H18N4O2. The van der Waals surface area contributed by atoms with Crippen molar-refractivity contribution in [3.05, 3.63) is 87.2 Å². The fourth-order valence-corrected chi connectivity index (χ4v) is 2.65. The highest BCUT2D eigenvalue weighted by molar-refractivity contribution is 5.82. The normalized spacial score (nSPS) is 11.1. The van der Waals surface area contributed by atoms with E-state index in [9.17, 15) is 10.1 Å². The van der Waals surface area contributed by atoms with E-state index in [0.717, 1.165) is 28.2 Å². The molecule has 0 aliphatic rings. The maximum Gasteiger partial charge on any atom is 0.269 e. The third-order valence-corrected chi connectivity index (χ3v) is 3.94. The number of aromatic nitrogens is 2. The zero-order valence-electron chi connectivity index (χ0n) is 14.1. The van der Waals surface area contributed by atoms with Gasteiger partial charge in [0.25, 0.3) is 5.69 Å². The number of hydrogen-bond donors (Lipinski definition) is 0. The fraction of sp³-hybridized carbons (Fsp3) is 0.158. The van der Waals surface area contributed by atoms with Gasteiger partial charge >= 0.3 is 0 Å². The zero-order valence-corrected chi connectivity index (χ0v) is 14.1. The molecule has 3 rings (SSSR count). The predicted octanol–water partition coefficient (Wildman–Crippen LogP) is 4.21. The van der Waals surface area contributed by atoms with Crippen LogP contribution in [0.3, 0.4) is 0 Å². The van der Waals surface area contributed by atoms with Crippen LogP contribution in [0.5, 0.6) is 0 Å². The Hall–Kier alpha value is -3.28. The van der Waals surface area contributed by atoms with Crippen molar-refractivity contribution in [1.29, 1.82) is 0 Å². The molecule has 1 aromatic heterocycles. The lowest BCUT2D eigenvalue weighted by atomic mass is 10.2. The molecule has 6 heteroatoms. The molecule has 1 heterocycles. The lowest BCUT2D eigenvalue weighted by Gasteiger charge is -2.04. The van der Waals surface area contributed by atoms with Gasteiger partial charge in [-0.3, -0.25) is 19.8 Å². The first-order valence-electron chi connectivity index (χ1n) is 7.91. The molecule has 0 saturated carbocycles. The molecule has 0 radical (unpaired) electrons. The number of non-ortho nitro benzene ring substituents is 1. The fourth-order valence-electron chi connectivity index (χ4n) is 2.65. The molecule has 25 heavy (non-hydrogen) atoms. The van der Waals surface area contributed by atoms with Gasteiger partial charge in [-0.1, -0.05) is 42.5 Å². The van der Waals surface area contributed by atoms with Crippen LogP contribution in [-0.4, -0.2) is 20.9 Å². The molecule has 6 nitrogen and oxygen atoms in total. The van der Waals surface area contributed by atoms with Crippen LogP contribution in [0.25, 0.3) is 0 Å². The van der Waals surface area contributed by atoms with E-state index >= 15 is 0 Å². The summed E-state index contributed by atoms with van der Waals surface area (Å²) < 4.78 is 1.83. The smallest absolute Gasteiger partial charge is 0.263 e. The SMILES string of the molecule is Cc1nn(Cc2cccc([N+](=O)[O-])c2)c(C)c1/N=C/c1ccccc1. The van der Waals surface area contributed by atoms with Crippen molar-refractivity contribution in [2.45, 2.75) is 20.4 Å². The molecule has 0 aliphatic heterocycles. The van der Waals surface area contributed by atoms with Crippen molar-refractivity contribution in [2.75, 3.05) is 0 Å². The average Bonchev–Trinajstić information content (AvgIpc) is 2.87. The topological polar surface area (TPSA) is 73.3 Å². The maximum atomic E-state index is 10.9. The standard InChI is InChI=1S/C19H18N4O2/c1-14-19(20-12-16-7-4-3-5-8-16)15(2)22(21-14)13-17-9-6-10-18(11-17)23(24)25/h3-12H,13H2,1-2H3/b20-12+. The summed E-state index contributed by atoms with van der Waals surface area (Å²) in [6, 6.07) is 16.5. The van der Waals surface area contributed by atoms with E-state index in [2.05, 4.69) is 10.1 Å². The highest BCUT2D eigenvalue weighted by Gasteiger charge is 2.12.